The molecule has 0 aliphatic carbocycles. The van der Waals surface area contributed by atoms with Crippen LogP contribution in [0.15, 0.2) is 27.8 Å². The van der Waals surface area contributed by atoms with Gasteiger partial charge in [-0.3, -0.25) is 4.99 Å². The maximum absolute atomic E-state index is 5.44. The van der Waals surface area contributed by atoms with Crippen LogP contribution in [0.4, 0.5) is 0 Å². The molecule has 23 heavy (non-hydrogen) atoms. The molecular formula is C17H29N3O2S. The number of furan rings is 1. The predicted octanol–water partition coefficient (Wildman–Crippen LogP) is 2.54. The van der Waals surface area contributed by atoms with Gasteiger partial charge in [-0.05, 0) is 38.7 Å². The van der Waals surface area contributed by atoms with Gasteiger partial charge in [-0.25, -0.2) is 0 Å². The second-order valence-electron chi connectivity index (χ2n) is 6.50. The van der Waals surface area contributed by atoms with Gasteiger partial charge in [-0.1, -0.05) is 0 Å². The molecule has 2 heterocycles. The third kappa shape index (κ3) is 6.87. The van der Waals surface area contributed by atoms with E-state index >= 15 is 0 Å². The number of hydrogen-bond acceptors (Lipinski definition) is 4. The van der Waals surface area contributed by atoms with Crippen LogP contribution in [0.5, 0.6) is 0 Å². The van der Waals surface area contributed by atoms with Crippen molar-refractivity contribution in [3.05, 3.63) is 24.2 Å². The van der Waals surface area contributed by atoms with E-state index < -0.39 is 0 Å². The van der Waals surface area contributed by atoms with E-state index in [0.29, 0.717) is 5.92 Å². The highest BCUT2D eigenvalue weighted by atomic mass is 32.2. The van der Waals surface area contributed by atoms with Crippen molar-refractivity contribution >= 4 is 17.7 Å². The molecule has 1 aliphatic rings. The first-order valence-electron chi connectivity index (χ1n) is 8.26. The Morgan fingerprint density at radius 1 is 1.43 bits per heavy atom. The average Bonchev–Trinajstić information content (AvgIpc) is 3.23. The molecule has 1 aliphatic heterocycles. The van der Waals surface area contributed by atoms with Gasteiger partial charge in [0, 0.05) is 36.8 Å². The van der Waals surface area contributed by atoms with E-state index in [-0.39, 0.29) is 4.75 Å². The summed E-state index contributed by atoms with van der Waals surface area (Å²) in [6.07, 6.45) is 5.82. The van der Waals surface area contributed by atoms with Crippen molar-refractivity contribution in [3.63, 3.8) is 0 Å². The molecular weight excluding hydrogens is 310 g/mol. The Hall–Kier alpha value is -1.14. The van der Waals surface area contributed by atoms with Crippen LogP contribution in [0.2, 0.25) is 0 Å². The topological polar surface area (TPSA) is 58.8 Å². The third-order valence-electron chi connectivity index (χ3n) is 4.00. The summed E-state index contributed by atoms with van der Waals surface area (Å²) in [5.74, 6) is 2.46. The van der Waals surface area contributed by atoms with Crippen LogP contribution in [0.25, 0.3) is 0 Å². The SMILES string of the molecule is CSC(C)(C)CN=C(NCCc1ccco1)NCC1CCOC1. The first-order valence-corrected chi connectivity index (χ1v) is 9.49. The summed E-state index contributed by atoms with van der Waals surface area (Å²) in [6.45, 7) is 8.66. The number of nitrogens with one attached hydrogen (secondary N) is 2. The van der Waals surface area contributed by atoms with E-state index in [1.54, 1.807) is 6.26 Å². The minimum atomic E-state index is 0.145. The van der Waals surface area contributed by atoms with Gasteiger partial charge in [0.1, 0.15) is 5.76 Å². The summed E-state index contributed by atoms with van der Waals surface area (Å²) in [5.41, 5.74) is 0. The van der Waals surface area contributed by atoms with Gasteiger partial charge in [-0.2, -0.15) is 11.8 Å². The number of aliphatic imine (C=N–C) groups is 1. The van der Waals surface area contributed by atoms with Gasteiger partial charge in [0.2, 0.25) is 0 Å². The number of hydrogen-bond donors (Lipinski definition) is 2. The molecule has 1 atom stereocenters. The number of ether oxygens (including phenoxy) is 1. The third-order valence-corrected chi connectivity index (χ3v) is 5.23. The maximum atomic E-state index is 5.44. The van der Waals surface area contributed by atoms with Gasteiger partial charge >= 0.3 is 0 Å². The van der Waals surface area contributed by atoms with Crippen molar-refractivity contribution in [1.29, 1.82) is 0 Å². The van der Waals surface area contributed by atoms with Crippen molar-refractivity contribution < 1.29 is 9.15 Å². The number of nitrogens with zero attached hydrogens (tertiary/aromatic N) is 1. The molecule has 0 saturated carbocycles. The Bertz CT molecular complexity index is 468. The van der Waals surface area contributed by atoms with Crippen LogP contribution < -0.4 is 10.6 Å². The standard InChI is InChI=1S/C17H29N3O2S/c1-17(2,23-3)13-20-16(19-11-14-7-10-21-12-14)18-8-6-15-5-4-9-22-15/h4-5,9,14H,6-8,10-13H2,1-3H3,(H2,18,19,20). The summed E-state index contributed by atoms with van der Waals surface area (Å²) in [4.78, 5) is 4.75. The number of thioether (sulfide) groups is 1. The fourth-order valence-corrected chi connectivity index (χ4v) is 2.45. The number of rotatable bonds is 8. The van der Waals surface area contributed by atoms with Gasteiger partial charge in [0.15, 0.2) is 5.96 Å². The van der Waals surface area contributed by atoms with Crippen molar-refractivity contribution in [3.8, 4) is 0 Å². The first-order chi connectivity index (χ1) is 11.1. The lowest BCUT2D eigenvalue weighted by Crippen LogP contribution is -2.41. The molecule has 1 aromatic rings. The maximum Gasteiger partial charge on any atom is 0.191 e. The number of guanidine groups is 1. The lowest BCUT2D eigenvalue weighted by molar-refractivity contribution is 0.186. The molecule has 6 heteroatoms. The van der Waals surface area contributed by atoms with Crippen LogP contribution in [-0.4, -0.2) is 49.8 Å². The van der Waals surface area contributed by atoms with Crippen molar-refractivity contribution in [2.75, 3.05) is 39.1 Å². The monoisotopic (exact) mass is 339 g/mol. The highest BCUT2D eigenvalue weighted by molar-refractivity contribution is 7.99. The van der Waals surface area contributed by atoms with Crippen LogP contribution in [0.1, 0.15) is 26.0 Å². The van der Waals surface area contributed by atoms with E-state index in [4.69, 9.17) is 14.1 Å². The van der Waals surface area contributed by atoms with Crippen LogP contribution in [-0.2, 0) is 11.2 Å². The molecule has 1 fully saturated rings. The molecule has 0 amide bonds. The van der Waals surface area contributed by atoms with Crippen LogP contribution in [0.3, 0.4) is 0 Å². The van der Waals surface area contributed by atoms with Crippen molar-refractivity contribution in [2.45, 2.75) is 31.4 Å². The molecule has 0 bridgehead atoms. The molecule has 0 spiro atoms. The summed E-state index contributed by atoms with van der Waals surface area (Å²) in [7, 11) is 0. The van der Waals surface area contributed by atoms with Crippen molar-refractivity contribution in [2.24, 2.45) is 10.9 Å². The fraction of sp³-hybridized carbons (Fsp3) is 0.706. The largest absolute Gasteiger partial charge is 0.469 e. The molecule has 2 N–H and O–H groups in total. The molecule has 0 aromatic carbocycles. The fourth-order valence-electron chi connectivity index (χ4n) is 2.25. The zero-order valence-corrected chi connectivity index (χ0v) is 15.2. The van der Waals surface area contributed by atoms with E-state index in [9.17, 15) is 0 Å². The average molecular weight is 340 g/mol. The first kappa shape index (κ1) is 18.2. The van der Waals surface area contributed by atoms with Crippen molar-refractivity contribution in [1.82, 2.24) is 10.6 Å². The summed E-state index contributed by atoms with van der Waals surface area (Å²) < 4.78 is 10.9. The Kier molecular flexibility index (Phi) is 7.30. The van der Waals surface area contributed by atoms with Crippen LogP contribution in [0, 0.1) is 5.92 Å². The van der Waals surface area contributed by atoms with Gasteiger partial charge < -0.3 is 19.8 Å². The Labute approximate surface area is 143 Å². The van der Waals surface area contributed by atoms with Gasteiger partial charge in [0.05, 0.1) is 19.4 Å². The zero-order valence-electron chi connectivity index (χ0n) is 14.4. The highest BCUT2D eigenvalue weighted by Crippen LogP contribution is 2.21. The minimum Gasteiger partial charge on any atom is -0.469 e. The summed E-state index contributed by atoms with van der Waals surface area (Å²) >= 11 is 1.84. The predicted molar refractivity (Wildman–Crippen MR) is 97.2 cm³/mol. The van der Waals surface area contributed by atoms with Gasteiger partial charge in [0.25, 0.3) is 0 Å². The van der Waals surface area contributed by atoms with Crippen LogP contribution >= 0.6 is 11.8 Å². The van der Waals surface area contributed by atoms with Gasteiger partial charge in [-0.15, -0.1) is 0 Å². The van der Waals surface area contributed by atoms with E-state index in [2.05, 4.69) is 30.7 Å². The highest BCUT2D eigenvalue weighted by Gasteiger charge is 2.17. The molecule has 0 radical (unpaired) electrons. The van der Waals surface area contributed by atoms with E-state index in [1.807, 2.05) is 23.9 Å². The Morgan fingerprint density at radius 2 is 2.30 bits per heavy atom. The van der Waals surface area contributed by atoms with E-state index in [0.717, 1.165) is 57.4 Å². The summed E-state index contributed by atoms with van der Waals surface area (Å²) in [6, 6.07) is 3.92. The minimum absolute atomic E-state index is 0.145. The molecule has 1 aromatic heterocycles. The zero-order chi connectivity index (χ0) is 16.5. The lowest BCUT2D eigenvalue weighted by Gasteiger charge is -2.21. The molecule has 130 valence electrons. The molecule has 1 saturated heterocycles. The molecule has 2 rings (SSSR count). The Balaban J connectivity index is 1.82. The normalized spacial score (nSPS) is 19.1. The second kappa shape index (κ2) is 9.23. The Morgan fingerprint density at radius 3 is 2.96 bits per heavy atom. The smallest absolute Gasteiger partial charge is 0.191 e. The molecule has 5 nitrogen and oxygen atoms in total. The summed E-state index contributed by atoms with van der Waals surface area (Å²) in [5, 5.41) is 6.86. The lowest BCUT2D eigenvalue weighted by atomic mass is 10.1. The van der Waals surface area contributed by atoms with E-state index in [1.165, 1.54) is 0 Å². The quantitative estimate of drug-likeness (QED) is 0.563. The molecule has 1 unspecified atom stereocenters. The second-order valence-corrected chi connectivity index (χ2v) is 8.01.